The monoisotopic (exact) mass is 440 g/mol. The van der Waals surface area contributed by atoms with E-state index in [1.54, 1.807) is 11.9 Å². The van der Waals surface area contributed by atoms with Crippen molar-refractivity contribution < 1.29 is 9.59 Å². The van der Waals surface area contributed by atoms with Gasteiger partial charge < -0.3 is 10.2 Å². The molecule has 2 aromatic carbocycles. The number of fused-ring (bicyclic) bond motifs is 1. The van der Waals surface area contributed by atoms with Gasteiger partial charge in [0.05, 0.1) is 10.6 Å². The van der Waals surface area contributed by atoms with E-state index >= 15 is 0 Å². The van der Waals surface area contributed by atoms with Crippen LogP contribution in [-0.4, -0.2) is 24.9 Å². The Morgan fingerprint density at radius 1 is 1.20 bits per heavy atom. The quantitative estimate of drug-likeness (QED) is 0.617. The van der Waals surface area contributed by atoms with Crippen LogP contribution in [0.3, 0.4) is 0 Å². The van der Waals surface area contributed by atoms with Gasteiger partial charge in [-0.1, -0.05) is 55.3 Å². The molecule has 6 heteroatoms. The molecule has 2 amide bonds. The molecule has 2 atom stereocenters. The lowest BCUT2D eigenvalue weighted by molar-refractivity contribution is -0.114. The van der Waals surface area contributed by atoms with Crippen molar-refractivity contribution in [3.8, 4) is 0 Å². The molecule has 1 heterocycles. The third-order valence-corrected chi connectivity index (χ3v) is 7.20. The third kappa shape index (κ3) is 4.42. The smallest absolute Gasteiger partial charge is 0.264 e. The first kappa shape index (κ1) is 21.0. The minimum atomic E-state index is -0.0917. The van der Waals surface area contributed by atoms with Crippen LogP contribution in [0.25, 0.3) is 6.08 Å². The summed E-state index contributed by atoms with van der Waals surface area (Å²) in [7, 11) is 1.75. The molecule has 0 bridgehead atoms. The number of benzene rings is 2. The molecule has 1 saturated carbocycles. The number of carbonyl (C=O) groups excluding carboxylic acids is 2. The molecule has 0 radical (unpaired) electrons. The first-order valence-electron chi connectivity index (χ1n) is 10.3. The zero-order chi connectivity index (χ0) is 21.3. The summed E-state index contributed by atoms with van der Waals surface area (Å²) >= 11 is 7.49. The van der Waals surface area contributed by atoms with Crippen LogP contribution in [0.4, 0.5) is 5.69 Å². The van der Waals surface area contributed by atoms with E-state index in [4.69, 9.17) is 11.6 Å². The topological polar surface area (TPSA) is 49.4 Å². The maximum absolute atomic E-state index is 12.9. The molecule has 156 valence electrons. The molecule has 2 aliphatic rings. The van der Waals surface area contributed by atoms with Crippen molar-refractivity contribution in [3.63, 3.8) is 0 Å². The van der Waals surface area contributed by atoms with Crippen LogP contribution in [0, 0.1) is 5.92 Å². The standard InChI is InChI=1S/C24H25ClN2O2S/c1-15-6-3-4-9-19(15)26-23(28)17-10-11-21-20(14-17)27(2)24(29)22(30-21)13-16-7-5-8-18(25)12-16/h5,7-8,10-15,19H,3-4,6,9H2,1-2H3,(H,26,28)/b22-13-/t15-,19+/m0/s1. The first-order valence-corrected chi connectivity index (χ1v) is 11.5. The summed E-state index contributed by atoms with van der Waals surface area (Å²) in [4.78, 5) is 28.9. The Labute approximate surface area is 186 Å². The molecule has 2 aromatic rings. The van der Waals surface area contributed by atoms with Gasteiger partial charge in [0, 0.05) is 28.6 Å². The van der Waals surface area contributed by atoms with Crippen LogP contribution in [0.5, 0.6) is 0 Å². The summed E-state index contributed by atoms with van der Waals surface area (Å²) in [5.74, 6) is 0.341. The molecule has 1 N–H and O–H groups in total. The van der Waals surface area contributed by atoms with Crippen LogP contribution in [-0.2, 0) is 4.79 Å². The summed E-state index contributed by atoms with van der Waals surface area (Å²) in [6.07, 6.45) is 6.44. The normalized spacial score (nSPS) is 22.7. The average Bonchev–Trinajstić information content (AvgIpc) is 2.73. The Morgan fingerprint density at radius 2 is 2.00 bits per heavy atom. The van der Waals surface area contributed by atoms with Gasteiger partial charge in [0.25, 0.3) is 11.8 Å². The maximum atomic E-state index is 12.9. The highest BCUT2D eigenvalue weighted by Gasteiger charge is 2.28. The van der Waals surface area contributed by atoms with Crippen molar-refractivity contribution >= 4 is 46.9 Å². The van der Waals surface area contributed by atoms with Crippen molar-refractivity contribution in [2.45, 2.75) is 43.5 Å². The molecule has 30 heavy (non-hydrogen) atoms. The van der Waals surface area contributed by atoms with E-state index < -0.39 is 0 Å². The Hall–Kier alpha value is -2.24. The number of thioether (sulfide) groups is 1. The number of carbonyl (C=O) groups is 2. The number of anilines is 1. The zero-order valence-electron chi connectivity index (χ0n) is 17.2. The molecule has 4 nitrogen and oxygen atoms in total. The fourth-order valence-electron chi connectivity index (χ4n) is 4.07. The Kier molecular flexibility index (Phi) is 6.21. The second kappa shape index (κ2) is 8.86. The van der Waals surface area contributed by atoms with Crippen LogP contribution in [0.2, 0.25) is 5.02 Å². The Balaban J connectivity index is 1.56. The van der Waals surface area contributed by atoms with E-state index in [2.05, 4.69) is 12.2 Å². The largest absolute Gasteiger partial charge is 0.349 e. The number of halogens is 1. The average molecular weight is 441 g/mol. The van der Waals surface area contributed by atoms with E-state index in [1.807, 2.05) is 48.5 Å². The van der Waals surface area contributed by atoms with Crippen molar-refractivity contribution in [2.75, 3.05) is 11.9 Å². The zero-order valence-corrected chi connectivity index (χ0v) is 18.7. The van der Waals surface area contributed by atoms with Crippen molar-refractivity contribution in [1.82, 2.24) is 5.32 Å². The van der Waals surface area contributed by atoms with E-state index in [-0.39, 0.29) is 17.9 Å². The van der Waals surface area contributed by atoms with Crippen molar-refractivity contribution in [3.05, 3.63) is 63.5 Å². The van der Waals surface area contributed by atoms with Gasteiger partial charge in [-0.2, -0.15) is 0 Å². The maximum Gasteiger partial charge on any atom is 0.264 e. The number of nitrogens with one attached hydrogen (secondary N) is 1. The van der Waals surface area contributed by atoms with Crippen LogP contribution < -0.4 is 10.2 Å². The summed E-state index contributed by atoms with van der Waals surface area (Å²) in [5, 5.41) is 3.83. The van der Waals surface area contributed by atoms with E-state index in [0.29, 0.717) is 21.4 Å². The highest BCUT2D eigenvalue weighted by molar-refractivity contribution is 8.04. The van der Waals surface area contributed by atoms with Crippen molar-refractivity contribution in [1.29, 1.82) is 0 Å². The number of likely N-dealkylation sites (N-methyl/N-ethyl adjacent to an activating group) is 1. The number of rotatable bonds is 3. The minimum Gasteiger partial charge on any atom is -0.349 e. The van der Waals surface area contributed by atoms with E-state index in [1.165, 1.54) is 18.2 Å². The van der Waals surface area contributed by atoms with Gasteiger partial charge in [0.1, 0.15) is 0 Å². The van der Waals surface area contributed by atoms with E-state index in [0.717, 1.165) is 35.4 Å². The molecule has 4 rings (SSSR count). The van der Waals surface area contributed by atoms with Gasteiger partial charge in [-0.3, -0.25) is 9.59 Å². The van der Waals surface area contributed by atoms with Crippen molar-refractivity contribution in [2.24, 2.45) is 5.92 Å². The van der Waals surface area contributed by atoms with Gasteiger partial charge >= 0.3 is 0 Å². The van der Waals surface area contributed by atoms with Gasteiger partial charge in [0.2, 0.25) is 0 Å². The summed E-state index contributed by atoms with van der Waals surface area (Å²) in [6.45, 7) is 2.20. The number of nitrogens with zero attached hydrogens (tertiary/aromatic N) is 1. The molecule has 1 aliphatic heterocycles. The highest BCUT2D eigenvalue weighted by atomic mass is 35.5. The molecule has 0 unspecified atom stereocenters. The van der Waals surface area contributed by atoms with E-state index in [9.17, 15) is 9.59 Å². The van der Waals surface area contributed by atoms with Gasteiger partial charge in [-0.05, 0) is 60.7 Å². The lowest BCUT2D eigenvalue weighted by atomic mass is 9.86. The number of hydrogen-bond donors (Lipinski definition) is 1. The van der Waals surface area contributed by atoms with Gasteiger partial charge in [0.15, 0.2) is 0 Å². The van der Waals surface area contributed by atoms with Crippen LogP contribution in [0.1, 0.15) is 48.5 Å². The molecular weight excluding hydrogens is 416 g/mol. The summed E-state index contributed by atoms with van der Waals surface area (Å²) in [6, 6.07) is 13.2. The minimum absolute atomic E-state index is 0.0670. The molecule has 1 aliphatic carbocycles. The summed E-state index contributed by atoms with van der Waals surface area (Å²) in [5.41, 5.74) is 2.24. The second-order valence-corrected chi connectivity index (χ2v) is 9.57. The lowest BCUT2D eigenvalue weighted by Crippen LogP contribution is -2.41. The SMILES string of the molecule is C[C@H]1CCCC[C@H]1NC(=O)c1ccc2c(c1)N(C)C(=O)/C(=C/c1cccc(Cl)c1)S2. The predicted octanol–water partition coefficient (Wildman–Crippen LogP) is 5.76. The molecule has 1 fully saturated rings. The first-order chi connectivity index (χ1) is 14.4. The van der Waals surface area contributed by atoms with Crippen LogP contribution >= 0.6 is 23.4 Å². The number of hydrogen-bond acceptors (Lipinski definition) is 3. The second-order valence-electron chi connectivity index (χ2n) is 8.05. The lowest BCUT2D eigenvalue weighted by Gasteiger charge is -2.30. The Morgan fingerprint density at radius 3 is 2.77 bits per heavy atom. The summed E-state index contributed by atoms with van der Waals surface area (Å²) < 4.78 is 0. The van der Waals surface area contributed by atoms with Crippen LogP contribution in [0.15, 0.2) is 52.3 Å². The van der Waals surface area contributed by atoms with Gasteiger partial charge in [-0.15, -0.1) is 0 Å². The predicted molar refractivity (Wildman–Crippen MR) is 124 cm³/mol. The van der Waals surface area contributed by atoms with Gasteiger partial charge in [-0.25, -0.2) is 0 Å². The fourth-order valence-corrected chi connectivity index (χ4v) is 5.36. The molecular formula is C24H25ClN2O2S. The molecule has 0 aromatic heterocycles. The number of amides is 2. The third-order valence-electron chi connectivity index (χ3n) is 5.89. The fraction of sp³-hybridized carbons (Fsp3) is 0.333. The molecule has 0 saturated heterocycles. The molecule has 0 spiro atoms. The highest BCUT2D eigenvalue weighted by Crippen LogP contribution is 2.42. The Bertz CT molecular complexity index is 1020.